The second kappa shape index (κ2) is 41.3. The highest BCUT2D eigenvalue weighted by molar-refractivity contribution is 5.98. The van der Waals surface area contributed by atoms with E-state index in [9.17, 15) is 43.2 Å². The van der Waals surface area contributed by atoms with E-state index in [2.05, 4.69) is 62.5 Å². The van der Waals surface area contributed by atoms with Crippen molar-refractivity contribution < 1.29 is 43.2 Å². The summed E-state index contributed by atoms with van der Waals surface area (Å²) in [6.45, 7) is 18.7. The summed E-state index contributed by atoms with van der Waals surface area (Å²) >= 11 is 0. The van der Waals surface area contributed by atoms with E-state index in [1.165, 1.54) is 0 Å². The van der Waals surface area contributed by atoms with Gasteiger partial charge in [0.2, 0.25) is 53.2 Å². The minimum atomic E-state index is -1.39. The molecule has 31 heteroatoms. The first-order valence-electron chi connectivity index (χ1n) is 29.3. The van der Waals surface area contributed by atoms with Gasteiger partial charge in [-0.05, 0) is 113 Å². The molecular formula is C54H106N22O9. The van der Waals surface area contributed by atoms with E-state index in [1.54, 1.807) is 13.8 Å². The zero-order valence-electron chi connectivity index (χ0n) is 51.8. The molecule has 0 radical (unpaired) electrons. The zero-order valence-corrected chi connectivity index (χ0v) is 51.8. The van der Waals surface area contributed by atoms with Gasteiger partial charge in [0.25, 0.3) is 0 Å². The molecule has 486 valence electrons. The molecule has 0 aliphatic carbocycles. The first-order chi connectivity index (χ1) is 39.6. The Bertz CT molecular complexity index is 2240. The van der Waals surface area contributed by atoms with Gasteiger partial charge in [-0.15, -0.1) is 0 Å². The van der Waals surface area contributed by atoms with Crippen LogP contribution in [0.3, 0.4) is 0 Å². The Kier molecular flexibility index (Phi) is 37.6. The summed E-state index contributed by atoms with van der Waals surface area (Å²) in [5.41, 5.74) is 56.3. The SMILES string of the molecule is CC(C)C[C@H](NC(=O)[C@H](CC(C)C)NC(=O)[C@H](CCCN=C(N)N)NC(=O)[C@H](CCCN=C(N)N)NC(=O)[C@H](CC(C)C)NC(=O)[C@H](CCCN=C(N)N)NC(=O)[C@H](CCCN=C(N)N)NC(=O)[C@H](CC(C)C)NC(=O)[C@@H](N)CC(C)C)C(N)=O. The van der Waals surface area contributed by atoms with E-state index >= 15 is 0 Å². The van der Waals surface area contributed by atoms with Gasteiger partial charge in [0.1, 0.15) is 48.3 Å². The van der Waals surface area contributed by atoms with Gasteiger partial charge in [0.15, 0.2) is 23.8 Å². The topological polar surface area (TPSA) is 560 Å². The average Bonchev–Trinajstić information content (AvgIpc) is 3.56. The second-order valence-electron chi connectivity index (χ2n) is 23.4. The molecule has 0 saturated carbocycles. The maximum atomic E-state index is 14.6. The Morgan fingerprint density at radius 3 is 0.682 bits per heavy atom. The van der Waals surface area contributed by atoms with Gasteiger partial charge in [0.05, 0.1) is 6.04 Å². The van der Waals surface area contributed by atoms with Crippen molar-refractivity contribution in [3.8, 4) is 0 Å². The summed E-state index contributed by atoms with van der Waals surface area (Å²) in [6.07, 6.45) is 1.33. The Morgan fingerprint density at radius 1 is 0.282 bits per heavy atom. The van der Waals surface area contributed by atoms with Crippen molar-refractivity contribution in [3.05, 3.63) is 0 Å². The number of nitrogens with two attached hydrogens (primary N) is 10. The van der Waals surface area contributed by atoms with Crippen LogP contribution >= 0.6 is 0 Å². The number of nitrogens with one attached hydrogen (secondary N) is 8. The van der Waals surface area contributed by atoms with E-state index < -0.39 is 108 Å². The van der Waals surface area contributed by atoms with E-state index in [0.29, 0.717) is 6.42 Å². The second-order valence-corrected chi connectivity index (χ2v) is 23.4. The fourth-order valence-corrected chi connectivity index (χ4v) is 8.72. The molecule has 0 aromatic heterocycles. The number of carbonyl (C=O) groups excluding carboxylic acids is 9. The van der Waals surface area contributed by atoms with Crippen molar-refractivity contribution >= 4 is 77.0 Å². The standard InChI is InChI=1S/C54H106N22O9/c1-28(2)23-33(55)43(78)74-39(25-30(5)6)48(83)71-34(15-11-19-65-51(57)58)44(79)69-36(17-13-21-67-53(61)62)46(81)75-40(26-31(7)8)49(84)72-35(16-12-20-66-52(59)60)45(80)70-37(18-14-22-68-54(63)64)47(82)76-41(27-32(9)10)50(85)73-38(42(56)77)24-29(3)4/h28-41H,11-27,55H2,1-10H3,(H2,56,77)(H,69,79)(H,70,80)(H,71,83)(H,72,84)(H,73,85)(H,74,78)(H,75,81)(H,76,82)(H4,57,58,65)(H4,59,60,66)(H4,61,62,67)(H4,63,64,68)/t33-,34-,35-,36-,37-,38-,39-,40-,41-/m0/s1. The van der Waals surface area contributed by atoms with E-state index in [1.807, 2.05) is 55.4 Å². The quantitative estimate of drug-likeness (QED) is 0.0158. The van der Waals surface area contributed by atoms with E-state index in [0.717, 1.165) is 0 Å². The summed E-state index contributed by atoms with van der Waals surface area (Å²) in [5, 5.41) is 21.8. The molecule has 0 fully saturated rings. The first-order valence-corrected chi connectivity index (χ1v) is 29.3. The molecular weight excluding hydrogens is 1100 g/mol. The molecule has 0 heterocycles. The van der Waals surface area contributed by atoms with Gasteiger partial charge in [-0.3, -0.25) is 63.1 Å². The summed E-state index contributed by atoms with van der Waals surface area (Å²) in [6, 6.07) is -11.0. The van der Waals surface area contributed by atoms with Crippen LogP contribution in [0.25, 0.3) is 0 Å². The van der Waals surface area contributed by atoms with Crippen molar-refractivity contribution in [2.24, 2.45) is 107 Å². The molecule has 0 spiro atoms. The van der Waals surface area contributed by atoms with Gasteiger partial charge in [-0.25, -0.2) is 0 Å². The lowest BCUT2D eigenvalue weighted by molar-refractivity contribution is -0.136. The van der Waals surface area contributed by atoms with Crippen LogP contribution < -0.4 is 99.9 Å². The molecule has 0 aliphatic rings. The van der Waals surface area contributed by atoms with Crippen LogP contribution in [0.5, 0.6) is 0 Å². The maximum absolute atomic E-state index is 14.6. The number of primary amides is 1. The number of carbonyl (C=O) groups is 9. The number of aliphatic imine (C=N–C) groups is 4. The highest BCUT2D eigenvalue weighted by Gasteiger charge is 2.36. The lowest BCUT2D eigenvalue weighted by atomic mass is 9.99. The first kappa shape index (κ1) is 77.3. The third-order valence-electron chi connectivity index (χ3n) is 12.8. The lowest BCUT2D eigenvalue weighted by Gasteiger charge is -2.29. The lowest BCUT2D eigenvalue weighted by Crippen LogP contribution is -2.60. The molecule has 0 rings (SSSR count). The van der Waals surface area contributed by atoms with Crippen LogP contribution in [0.2, 0.25) is 0 Å². The molecule has 85 heavy (non-hydrogen) atoms. The molecule has 9 amide bonds. The Morgan fingerprint density at radius 2 is 0.471 bits per heavy atom. The molecule has 31 nitrogen and oxygen atoms in total. The zero-order chi connectivity index (χ0) is 65.1. The number of amides is 9. The highest BCUT2D eigenvalue weighted by atomic mass is 16.2. The third-order valence-corrected chi connectivity index (χ3v) is 12.8. The Balaban J connectivity index is 7.36. The Hall–Kier alpha value is -7.73. The van der Waals surface area contributed by atoms with Crippen LogP contribution in [0, 0.1) is 29.6 Å². The molecule has 0 aliphatic heterocycles. The monoisotopic (exact) mass is 1210 g/mol. The molecule has 28 N–H and O–H groups in total. The molecule has 0 aromatic rings. The van der Waals surface area contributed by atoms with Gasteiger partial charge < -0.3 is 99.9 Å². The summed E-state index contributed by atoms with van der Waals surface area (Å²) in [5.74, 6) is -7.97. The maximum Gasteiger partial charge on any atom is 0.243 e. The summed E-state index contributed by atoms with van der Waals surface area (Å²) in [7, 11) is 0. The van der Waals surface area contributed by atoms with Gasteiger partial charge in [0, 0.05) is 26.2 Å². The number of rotatable bonds is 43. The molecule has 0 saturated heterocycles. The van der Waals surface area contributed by atoms with E-state index in [-0.39, 0.29) is 157 Å². The third kappa shape index (κ3) is 35.9. The van der Waals surface area contributed by atoms with Crippen molar-refractivity contribution in [3.63, 3.8) is 0 Å². The van der Waals surface area contributed by atoms with Crippen LogP contribution in [0.15, 0.2) is 20.0 Å². The van der Waals surface area contributed by atoms with Gasteiger partial charge in [-0.2, -0.15) is 0 Å². The average molecular weight is 1210 g/mol. The van der Waals surface area contributed by atoms with E-state index in [4.69, 9.17) is 57.3 Å². The molecule has 9 atom stereocenters. The normalized spacial score (nSPS) is 14.4. The smallest absolute Gasteiger partial charge is 0.243 e. The highest BCUT2D eigenvalue weighted by Crippen LogP contribution is 2.14. The molecule has 0 bridgehead atoms. The predicted octanol–water partition coefficient (Wildman–Crippen LogP) is -3.88. The van der Waals surface area contributed by atoms with Crippen molar-refractivity contribution in [1.29, 1.82) is 0 Å². The van der Waals surface area contributed by atoms with Crippen molar-refractivity contribution in [2.75, 3.05) is 26.2 Å². The molecule has 0 aromatic carbocycles. The minimum Gasteiger partial charge on any atom is -0.370 e. The summed E-state index contributed by atoms with van der Waals surface area (Å²) < 4.78 is 0. The number of hydrogen-bond acceptors (Lipinski definition) is 14. The van der Waals surface area contributed by atoms with Gasteiger partial charge >= 0.3 is 0 Å². The number of guanidine groups is 4. The number of hydrogen-bond donors (Lipinski definition) is 18. The van der Waals surface area contributed by atoms with Crippen LogP contribution in [-0.4, -0.2) is 158 Å². The fraction of sp³-hybridized carbons (Fsp3) is 0.759. The fourth-order valence-electron chi connectivity index (χ4n) is 8.72. The molecule has 0 unspecified atom stereocenters. The Labute approximate surface area is 501 Å². The largest absolute Gasteiger partial charge is 0.370 e. The number of nitrogens with zero attached hydrogens (tertiary/aromatic N) is 4. The van der Waals surface area contributed by atoms with Gasteiger partial charge in [-0.1, -0.05) is 69.2 Å². The van der Waals surface area contributed by atoms with Crippen molar-refractivity contribution in [1.82, 2.24) is 42.5 Å². The van der Waals surface area contributed by atoms with Crippen molar-refractivity contribution in [2.45, 2.75) is 207 Å². The van der Waals surface area contributed by atoms with Crippen LogP contribution in [-0.2, 0) is 43.2 Å². The summed E-state index contributed by atoms with van der Waals surface area (Å²) in [4.78, 5) is 142. The minimum absolute atomic E-state index is 0.0132. The van der Waals surface area contributed by atoms with Crippen LogP contribution in [0.1, 0.15) is 153 Å². The predicted molar refractivity (Wildman–Crippen MR) is 330 cm³/mol. The van der Waals surface area contributed by atoms with Crippen LogP contribution in [0.4, 0.5) is 0 Å².